The summed E-state index contributed by atoms with van der Waals surface area (Å²) in [6.07, 6.45) is 1.42. The fourth-order valence-electron chi connectivity index (χ4n) is 2.28. The van der Waals surface area contributed by atoms with Crippen LogP contribution in [-0.2, 0) is 0 Å². The Bertz CT molecular complexity index is 370. The maximum Gasteiger partial charge on any atom is 0.122 e. The Labute approximate surface area is 103 Å². The number of halogens is 1. The maximum atomic E-state index is 13.2. The monoisotopic (exact) mass is 236 g/mol. The number of rotatable bonds is 3. The number of nitrogens with one attached hydrogen (secondary N) is 2. The summed E-state index contributed by atoms with van der Waals surface area (Å²) in [7, 11) is 0. The van der Waals surface area contributed by atoms with E-state index in [2.05, 4.69) is 10.6 Å². The lowest BCUT2D eigenvalue weighted by Gasteiger charge is -2.25. The molecule has 1 atom stereocenters. The zero-order valence-electron chi connectivity index (χ0n) is 10.6. The van der Waals surface area contributed by atoms with Gasteiger partial charge in [-0.25, -0.2) is 4.39 Å². The van der Waals surface area contributed by atoms with Crippen molar-refractivity contribution in [3.8, 4) is 0 Å². The third-order valence-corrected chi connectivity index (χ3v) is 3.41. The van der Waals surface area contributed by atoms with E-state index in [1.54, 1.807) is 6.92 Å². The van der Waals surface area contributed by atoms with Crippen molar-refractivity contribution >= 4 is 5.69 Å². The topological polar surface area (TPSA) is 24.1 Å². The van der Waals surface area contributed by atoms with E-state index in [0.717, 1.165) is 42.7 Å². The summed E-state index contributed by atoms with van der Waals surface area (Å²) in [5.74, 6) is 0. The summed E-state index contributed by atoms with van der Waals surface area (Å²) >= 11 is 0. The second-order valence-electron chi connectivity index (χ2n) is 4.86. The van der Waals surface area contributed by atoms with E-state index < -0.39 is 6.17 Å². The minimum absolute atomic E-state index is 0.545. The van der Waals surface area contributed by atoms with Gasteiger partial charge in [0, 0.05) is 11.7 Å². The van der Waals surface area contributed by atoms with Crippen LogP contribution in [0.15, 0.2) is 18.2 Å². The van der Waals surface area contributed by atoms with Gasteiger partial charge >= 0.3 is 0 Å². The van der Waals surface area contributed by atoms with Crippen LogP contribution >= 0.6 is 0 Å². The molecule has 0 saturated carbocycles. The van der Waals surface area contributed by atoms with Crippen LogP contribution in [0, 0.1) is 6.92 Å². The van der Waals surface area contributed by atoms with E-state index in [1.807, 2.05) is 25.1 Å². The number of alkyl halides is 1. The second kappa shape index (κ2) is 5.50. The molecule has 2 rings (SSSR count). The zero-order chi connectivity index (χ0) is 12.3. The smallest absolute Gasteiger partial charge is 0.122 e. The second-order valence-corrected chi connectivity index (χ2v) is 4.86. The van der Waals surface area contributed by atoms with Crippen LogP contribution in [0.4, 0.5) is 10.1 Å². The quantitative estimate of drug-likeness (QED) is 0.842. The first-order chi connectivity index (χ1) is 8.16. The first-order valence-electron chi connectivity index (χ1n) is 6.38. The fourth-order valence-corrected chi connectivity index (χ4v) is 2.28. The Balaban J connectivity index is 2.05. The minimum atomic E-state index is -0.887. The fraction of sp³-hybridized carbons (Fsp3) is 0.571. The number of hydrogen-bond acceptors (Lipinski definition) is 2. The number of hydrogen-bond donors (Lipinski definition) is 2. The molecule has 17 heavy (non-hydrogen) atoms. The van der Waals surface area contributed by atoms with E-state index in [4.69, 9.17) is 0 Å². The molecule has 0 aromatic heterocycles. The summed E-state index contributed by atoms with van der Waals surface area (Å²) in [5, 5.41) is 6.90. The van der Waals surface area contributed by atoms with Crippen molar-refractivity contribution in [3.05, 3.63) is 29.3 Å². The molecule has 0 amide bonds. The molecule has 0 spiro atoms. The zero-order valence-corrected chi connectivity index (χ0v) is 10.6. The van der Waals surface area contributed by atoms with E-state index in [9.17, 15) is 4.39 Å². The highest BCUT2D eigenvalue weighted by Gasteiger charge is 2.13. The standard InChI is InChI=1S/C14H21FN2/c1-10-9-12(11(2)15)3-4-14(10)17-13-5-7-16-8-6-13/h3-4,9,11,13,16-17H,5-8H2,1-2H3. The van der Waals surface area contributed by atoms with Gasteiger partial charge in [-0.2, -0.15) is 0 Å². The molecule has 94 valence electrons. The molecule has 1 unspecified atom stereocenters. The molecular formula is C14H21FN2. The third-order valence-electron chi connectivity index (χ3n) is 3.41. The molecule has 1 aliphatic rings. The van der Waals surface area contributed by atoms with Crippen molar-refractivity contribution < 1.29 is 4.39 Å². The molecular weight excluding hydrogens is 215 g/mol. The molecule has 1 heterocycles. The van der Waals surface area contributed by atoms with E-state index in [0.29, 0.717) is 6.04 Å². The molecule has 2 N–H and O–H groups in total. The Morgan fingerprint density at radius 2 is 2.06 bits per heavy atom. The van der Waals surface area contributed by atoms with Gasteiger partial charge in [-0.15, -0.1) is 0 Å². The SMILES string of the molecule is Cc1cc(C(C)F)ccc1NC1CCNCC1. The van der Waals surface area contributed by atoms with Crippen LogP contribution in [0.5, 0.6) is 0 Å². The largest absolute Gasteiger partial charge is 0.382 e. The average molecular weight is 236 g/mol. The molecule has 0 bridgehead atoms. The highest BCUT2D eigenvalue weighted by Crippen LogP contribution is 2.24. The molecule has 2 nitrogen and oxygen atoms in total. The molecule has 1 aliphatic heterocycles. The van der Waals surface area contributed by atoms with Gasteiger partial charge in [0.05, 0.1) is 0 Å². The van der Waals surface area contributed by atoms with E-state index in [-0.39, 0.29) is 0 Å². The lowest BCUT2D eigenvalue weighted by Crippen LogP contribution is -2.35. The Morgan fingerprint density at radius 3 is 2.65 bits per heavy atom. The number of aryl methyl sites for hydroxylation is 1. The molecule has 1 aromatic carbocycles. The molecule has 0 aliphatic carbocycles. The predicted octanol–water partition coefficient (Wildman–Crippen LogP) is 3.19. The van der Waals surface area contributed by atoms with Gasteiger partial charge in [-0.1, -0.05) is 12.1 Å². The number of benzene rings is 1. The predicted molar refractivity (Wildman–Crippen MR) is 70.2 cm³/mol. The van der Waals surface area contributed by atoms with E-state index >= 15 is 0 Å². The summed E-state index contributed by atoms with van der Waals surface area (Å²) in [6.45, 7) is 5.77. The van der Waals surface area contributed by atoms with Crippen molar-refractivity contribution in [2.45, 2.75) is 38.9 Å². The van der Waals surface area contributed by atoms with Crippen LogP contribution < -0.4 is 10.6 Å². The normalized spacial score (nSPS) is 19.0. The minimum Gasteiger partial charge on any atom is -0.382 e. The van der Waals surface area contributed by atoms with Crippen molar-refractivity contribution in [1.82, 2.24) is 5.32 Å². The average Bonchev–Trinajstić information content (AvgIpc) is 2.33. The summed E-state index contributed by atoms with van der Waals surface area (Å²) < 4.78 is 13.2. The van der Waals surface area contributed by atoms with Gasteiger partial charge in [0.15, 0.2) is 0 Å². The number of piperidine rings is 1. The highest BCUT2D eigenvalue weighted by atomic mass is 19.1. The van der Waals surface area contributed by atoms with Crippen molar-refractivity contribution in [1.29, 1.82) is 0 Å². The molecule has 1 aromatic rings. The van der Waals surface area contributed by atoms with Crippen LogP contribution in [0.3, 0.4) is 0 Å². The highest BCUT2D eigenvalue weighted by molar-refractivity contribution is 5.53. The summed E-state index contributed by atoms with van der Waals surface area (Å²) in [4.78, 5) is 0. The summed E-state index contributed by atoms with van der Waals surface area (Å²) in [6, 6.07) is 6.36. The Hall–Kier alpha value is -1.09. The third kappa shape index (κ3) is 3.19. The van der Waals surface area contributed by atoms with Crippen molar-refractivity contribution in [3.63, 3.8) is 0 Å². The van der Waals surface area contributed by atoms with Gasteiger partial charge in [0.25, 0.3) is 0 Å². The van der Waals surface area contributed by atoms with Gasteiger partial charge < -0.3 is 10.6 Å². The lowest BCUT2D eigenvalue weighted by molar-refractivity contribution is 0.374. The van der Waals surface area contributed by atoms with Gasteiger partial charge in [-0.3, -0.25) is 0 Å². The van der Waals surface area contributed by atoms with Gasteiger partial charge in [0.1, 0.15) is 6.17 Å². The van der Waals surface area contributed by atoms with Crippen molar-refractivity contribution in [2.75, 3.05) is 18.4 Å². The van der Waals surface area contributed by atoms with Crippen molar-refractivity contribution in [2.24, 2.45) is 0 Å². The van der Waals surface area contributed by atoms with Gasteiger partial charge in [0.2, 0.25) is 0 Å². The lowest BCUT2D eigenvalue weighted by atomic mass is 10.0. The maximum absolute atomic E-state index is 13.2. The van der Waals surface area contributed by atoms with E-state index in [1.165, 1.54) is 0 Å². The summed E-state index contributed by atoms with van der Waals surface area (Å²) in [5.41, 5.74) is 3.03. The van der Waals surface area contributed by atoms with Crippen LogP contribution in [0.25, 0.3) is 0 Å². The molecule has 1 saturated heterocycles. The Morgan fingerprint density at radius 1 is 1.35 bits per heavy atom. The van der Waals surface area contributed by atoms with Gasteiger partial charge in [-0.05, 0) is 57.0 Å². The molecule has 3 heteroatoms. The first-order valence-corrected chi connectivity index (χ1v) is 6.38. The Kier molecular flexibility index (Phi) is 4.00. The van der Waals surface area contributed by atoms with Crippen LogP contribution in [0.1, 0.15) is 37.1 Å². The molecule has 1 fully saturated rings. The van der Waals surface area contributed by atoms with Crippen LogP contribution in [-0.4, -0.2) is 19.1 Å². The first kappa shape index (κ1) is 12.4. The molecule has 0 radical (unpaired) electrons. The van der Waals surface area contributed by atoms with Crippen LogP contribution in [0.2, 0.25) is 0 Å². The number of anilines is 1.